The number of hydrogen-bond donors (Lipinski definition) is 1. The molecule has 0 heterocycles. The summed E-state index contributed by atoms with van der Waals surface area (Å²) < 4.78 is 33.8. The number of alkyl halides is 2. The fourth-order valence-electron chi connectivity index (χ4n) is 1.95. The highest BCUT2D eigenvalue weighted by atomic mass is 19.3. The van der Waals surface area contributed by atoms with Crippen molar-refractivity contribution in [3.8, 4) is 11.5 Å². The summed E-state index contributed by atoms with van der Waals surface area (Å²) in [4.78, 5) is 11.7. The van der Waals surface area contributed by atoms with Gasteiger partial charge in [0.1, 0.15) is 0 Å². The fourth-order valence-corrected chi connectivity index (χ4v) is 1.95. The third kappa shape index (κ3) is 6.11. The van der Waals surface area contributed by atoms with Gasteiger partial charge < -0.3 is 14.8 Å². The molecule has 1 rings (SSSR count). The quantitative estimate of drug-likeness (QED) is 0.746. The summed E-state index contributed by atoms with van der Waals surface area (Å²) in [5.74, 6) is -0.0642. The van der Waals surface area contributed by atoms with Gasteiger partial charge in [0.25, 0.3) is 0 Å². The Morgan fingerprint density at radius 2 is 2.09 bits per heavy atom. The minimum absolute atomic E-state index is 0.0457. The van der Waals surface area contributed by atoms with Crippen molar-refractivity contribution in [1.29, 1.82) is 0 Å². The molecule has 6 heteroatoms. The lowest BCUT2D eigenvalue weighted by Gasteiger charge is -2.11. The molecular weight excluding hydrogens is 292 g/mol. The SMILES string of the molecule is CCC[C@H](C)NC(=O)/C=C/c1ccc(OC(F)F)c(OC)c1. The minimum Gasteiger partial charge on any atom is -0.493 e. The van der Waals surface area contributed by atoms with E-state index in [2.05, 4.69) is 10.1 Å². The van der Waals surface area contributed by atoms with Crippen LogP contribution in [0.5, 0.6) is 11.5 Å². The van der Waals surface area contributed by atoms with Crippen molar-refractivity contribution in [1.82, 2.24) is 5.32 Å². The minimum atomic E-state index is -2.92. The molecule has 0 saturated carbocycles. The molecule has 1 N–H and O–H groups in total. The molecule has 0 unspecified atom stereocenters. The number of halogens is 2. The normalized spacial score (nSPS) is 12.5. The maximum atomic E-state index is 12.2. The fraction of sp³-hybridized carbons (Fsp3) is 0.438. The third-order valence-electron chi connectivity index (χ3n) is 2.94. The monoisotopic (exact) mass is 313 g/mol. The molecule has 1 amide bonds. The second-order valence-electron chi connectivity index (χ2n) is 4.82. The molecule has 0 fully saturated rings. The van der Waals surface area contributed by atoms with Gasteiger partial charge in [0.2, 0.25) is 5.91 Å². The Morgan fingerprint density at radius 3 is 2.68 bits per heavy atom. The largest absolute Gasteiger partial charge is 0.493 e. The van der Waals surface area contributed by atoms with Crippen molar-refractivity contribution in [3.63, 3.8) is 0 Å². The van der Waals surface area contributed by atoms with Crippen LogP contribution in [0.4, 0.5) is 8.78 Å². The second kappa shape index (κ2) is 9.02. The Kier molecular flexibility index (Phi) is 7.36. The van der Waals surface area contributed by atoms with E-state index in [9.17, 15) is 13.6 Å². The number of nitrogens with one attached hydrogen (secondary N) is 1. The van der Waals surface area contributed by atoms with Gasteiger partial charge in [-0.3, -0.25) is 4.79 Å². The van der Waals surface area contributed by atoms with Gasteiger partial charge in [-0.1, -0.05) is 19.4 Å². The average Bonchev–Trinajstić information content (AvgIpc) is 2.45. The van der Waals surface area contributed by atoms with Gasteiger partial charge in [0.05, 0.1) is 7.11 Å². The Balaban J connectivity index is 2.73. The second-order valence-corrected chi connectivity index (χ2v) is 4.82. The molecule has 0 aliphatic heterocycles. The highest BCUT2D eigenvalue weighted by Crippen LogP contribution is 2.29. The van der Waals surface area contributed by atoms with E-state index in [1.165, 1.54) is 25.3 Å². The lowest BCUT2D eigenvalue weighted by Crippen LogP contribution is -2.30. The molecule has 4 nitrogen and oxygen atoms in total. The topological polar surface area (TPSA) is 47.6 Å². The van der Waals surface area contributed by atoms with E-state index in [0.717, 1.165) is 12.8 Å². The first-order chi connectivity index (χ1) is 10.5. The number of rotatable bonds is 8. The number of methoxy groups -OCH3 is 1. The molecule has 122 valence electrons. The van der Waals surface area contributed by atoms with Crippen LogP contribution >= 0.6 is 0 Å². The number of amides is 1. The molecule has 0 radical (unpaired) electrons. The van der Waals surface area contributed by atoms with Gasteiger partial charge >= 0.3 is 6.61 Å². The highest BCUT2D eigenvalue weighted by Gasteiger charge is 2.10. The molecule has 0 spiro atoms. The van der Waals surface area contributed by atoms with Crippen LogP contribution < -0.4 is 14.8 Å². The van der Waals surface area contributed by atoms with Crippen molar-refractivity contribution in [3.05, 3.63) is 29.8 Å². The molecule has 0 bridgehead atoms. The summed E-state index contributed by atoms with van der Waals surface area (Å²) in [7, 11) is 1.36. The summed E-state index contributed by atoms with van der Waals surface area (Å²) >= 11 is 0. The van der Waals surface area contributed by atoms with Crippen molar-refractivity contribution in [2.75, 3.05) is 7.11 Å². The predicted molar refractivity (Wildman–Crippen MR) is 81.2 cm³/mol. The van der Waals surface area contributed by atoms with Gasteiger partial charge in [-0.2, -0.15) is 8.78 Å². The molecule has 1 aromatic carbocycles. The highest BCUT2D eigenvalue weighted by molar-refractivity contribution is 5.91. The van der Waals surface area contributed by atoms with Crippen LogP contribution in [0.1, 0.15) is 32.3 Å². The van der Waals surface area contributed by atoms with Crippen LogP contribution in [-0.4, -0.2) is 25.7 Å². The first kappa shape index (κ1) is 17.9. The maximum absolute atomic E-state index is 12.2. The Morgan fingerprint density at radius 1 is 1.36 bits per heavy atom. The molecular formula is C16H21F2NO3. The Bertz CT molecular complexity index is 518. The van der Waals surface area contributed by atoms with E-state index in [0.29, 0.717) is 5.56 Å². The summed E-state index contributed by atoms with van der Waals surface area (Å²) in [5.41, 5.74) is 0.650. The Labute approximate surface area is 129 Å². The number of hydrogen-bond acceptors (Lipinski definition) is 3. The number of benzene rings is 1. The molecule has 1 aromatic rings. The first-order valence-electron chi connectivity index (χ1n) is 7.07. The number of ether oxygens (including phenoxy) is 2. The summed E-state index contributed by atoms with van der Waals surface area (Å²) in [6.45, 7) is 1.07. The Hall–Kier alpha value is -2.11. The molecule has 0 saturated heterocycles. The van der Waals surface area contributed by atoms with Crippen LogP contribution in [0.2, 0.25) is 0 Å². The lowest BCUT2D eigenvalue weighted by atomic mass is 10.1. The van der Waals surface area contributed by atoms with E-state index < -0.39 is 6.61 Å². The summed E-state index contributed by atoms with van der Waals surface area (Å²) in [6, 6.07) is 4.58. The van der Waals surface area contributed by atoms with E-state index in [4.69, 9.17) is 4.74 Å². The van der Waals surface area contributed by atoms with Gasteiger partial charge in [-0.25, -0.2) is 0 Å². The van der Waals surface area contributed by atoms with E-state index in [-0.39, 0.29) is 23.4 Å². The van der Waals surface area contributed by atoms with Crippen molar-refractivity contribution in [2.45, 2.75) is 39.3 Å². The van der Waals surface area contributed by atoms with Gasteiger partial charge in [0, 0.05) is 12.1 Å². The summed E-state index contributed by atoms with van der Waals surface area (Å²) in [5, 5.41) is 2.84. The van der Waals surface area contributed by atoms with Crippen LogP contribution in [-0.2, 0) is 4.79 Å². The standard InChI is InChI=1S/C16H21F2NO3/c1-4-5-11(2)19-15(20)9-7-12-6-8-13(22-16(17)18)14(10-12)21-3/h6-11,16H,4-5H2,1-3H3,(H,19,20)/b9-7+/t11-/m0/s1. The first-order valence-corrected chi connectivity index (χ1v) is 7.07. The number of carbonyl (C=O) groups is 1. The average molecular weight is 313 g/mol. The molecule has 1 atom stereocenters. The molecule has 0 aliphatic rings. The van der Waals surface area contributed by atoms with Crippen molar-refractivity contribution in [2.24, 2.45) is 0 Å². The van der Waals surface area contributed by atoms with E-state index in [1.807, 2.05) is 13.8 Å². The van der Waals surface area contributed by atoms with Crippen LogP contribution in [0.25, 0.3) is 6.08 Å². The maximum Gasteiger partial charge on any atom is 0.387 e. The van der Waals surface area contributed by atoms with Crippen molar-refractivity contribution < 1.29 is 23.0 Å². The zero-order chi connectivity index (χ0) is 16.5. The molecule has 0 aliphatic carbocycles. The predicted octanol–water partition coefficient (Wildman–Crippen LogP) is 3.61. The van der Waals surface area contributed by atoms with Crippen molar-refractivity contribution >= 4 is 12.0 Å². The van der Waals surface area contributed by atoms with E-state index in [1.54, 1.807) is 12.1 Å². The lowest BCUT2D eigenvalue weighted by molar-refractivity contribution is -0.117. The zero-order valence-corrected chi connectivity index (χ0v) is 12.9. The van der Waals surface area contributed by atoms with Crippen LogP contribution in [0.15, 0.2) is 24.3 Å². The number of carbonyl (C=O) groups excluding carboxylic acids is 1. The van der Waals surface area contributed by atoms with E-state index >= 15 is 0 Å². The third-order valence-corrected chi connectivity index (χ3v) is 2.94. The summed E-state index contributed by atoms with van der Waals surface area (Å²) in [6.07, 6.45) is 4.89. The smallest absolute Gasteiger partial charge is 0.387 e. The molecule has 0 aromatic heterocycles. The van der Waals surface area contributed by atoms with Gasteiger partial charge in [-0.05, 0) is 37.1 Å². The van der Waals surface area contributed by atoms with Gasteiger partial charge in [-0.15, -0.1) is 0 Å². The zero-order valence-electron chi connectivity index (χ0n) is 12.9. The molecule has 22 heavy (non-hydrogen) atoms. The van der Waals surface area contributed by atoms with Crippen LogP contribution in [0, 0.1) is 0 Å². The van der Waals surface area contributed by atoms with Crippen LogP contribution in [0.3, 0.4) is 0 Å². The van der Waals surface area contributed by atoms with Gasteiger partial charge in [0.15, 0.2) is 11.5 Å².